The number of nitrogens with one attached hydrogen (secondary N) is 1. The molecule has 3 heterocycles. The predicted octanol–water partition coefficient (Wildman–Crippen LogP) is 2.98. The number of hydrogen-bond donors (Lipinski definition) is 1. The van der Waals surface area contributed by atoms with E-state index in [4.69, 9.17) is 0 Å². The highest BCUT2D eigenvalue weighted by molar-refractivity contribution is 7.14. The monoisotopic (exact) mass is 342 g/mol. The van der Waals surface area contributed by atoms with Crippen molar-refractivity contribution >= 4 is 22.9 Å². The molecular weight excluding hydrogens is 324 g/mol. The molecule has 0 spiro atoms. The molecule has 0 saturated heterocycles. The smallest absolute Gasteiger partial charge is 0.267 e. The highest BCUT2D eigenvalue weighted by Gasteiger charge is 2.23. The van der Waals surface area contributed by atoms with Crippen LogP contribution in [0.3, 0.4) is 0 Å². The molecule has 0 aliphatic heterocycles. The number of carbonyl (C=O) groups is 1. The Morgan fingerprint density at radius 1 is 1.29 bits per heavy atom. The number of aromatic nitrogens is 5. The van der Waals surface area contributed by atoms with Gasteiger partial charge >= 0.3 is 0 Å². The first-order chi connectivity index (χ1) is 11.3. The summed E-state index contributed by atoms with van der Waals surface area (Å²) in [6.45, 7) is 8.10. The van der Waals surface area contributed by atoms with Gasteiger partial charge in [-0.15, -0.1) is 11.3 Å². The normalized spacial score (nSPS) is 11.5. The minimum Gasteiger partial charge on any atom is -0.320 e. The number of anilines is 1. The molecule has 7 nitrogen and oxygen atoms in total. The summed E-state index contributed by atoms with van der Waals surface area (Å²) in [7, 11) is 0. The standard InChI is InChI=1S/C16H18N6OS/c1-10-13(24-15(20-10)16(2,3)4)14(23)21-11-5-6-12(18-7-11)22-9-17-8-19-22/h5-9H,1-4H3,(H,21,23). The molecule has 0 unspecified atom stereocenters. The van der Waals surface area contributed by atoms with Gasteiger partial charge in [0, 0.05) is 5.41 Å². The van der Waals surface area contributed by atoms with E-state index in [1.807, 2.05) is 6.92 Å². The highest BCUT2D eigenvalue weighted by Crippen LogP contribution is 2.29. The van der Waals surface area contributed by atoms with E-state index in [1.165, 1.54) is 17.7 Å². The number of rotatable bonds is 3. The van der Waals surface area contributed by atoms with E-state index in [0.717, 1.165) is 10.7 Å². The van der Waals surface area contributed by atoms with E-state index >= 15 is 0 Å². The van der Waals surface area contributed by atoms with Crippen molar-refractivity contribution < 1.29 is 4.79 Å². The van der Waals surface area contributed by atoms with Gasteiger partial charge in [0.25, 0.3) is 5.91 Å². The second-order valence-corrected chi connectivity index (χ2v) is 7.38. The van der Waals surface area contributed by atoms with Crippen LogP contribution in [0.15, 0.2) is 31.0 Å². The molecule has 0 aliphatic carbocycles. The van der Waals surface area contributed by atoms with Gasteiger partial charge in [-0.1, -0.05) is 20.8 Å². The zero-order valence-electron chi connectivity index (χ0n) is 13.9. The summed E-state index contributed by atoms with van der Waals surface area (Å²) in [6, 6.07) is 3.55. The maximum atomic E-state index is 12.5. The summed E-state index contributed by atoms with van der Waals surface area (Å²) in [5.74, 6) is 0.463. The van der Waals surface area contributed by atoms with Crippen LogP contribution < -0.4 is 5.32 Å². The molecule has 24 heavy (non-hydrogen) atoms. The summed E-state index contributed by atoms with van der Waals surface area (Å²) in [5.41, 5.74) is 1.29. The fourth-order valence-electron chi connectivity index (χ4n) is 2.04. The molecule has 8 heteroatoms. The number of amides is 1. The van der Waals surface area contributed by atoms with Gasteiger partial charge in [0.05, 0.1) is 22.6 Å². The lowest BCUT2D eigenvalue weighted by atomic mass is 9.98. The molecule has 0 atom stereocenters. The second-order valence-electron chi connectivity index (χ2n) is 6.38. The third kappa shape index (κ3) is 3.33. The molecule has 0 bridgehead atoms. The molecule has 3 aromatic heterocycles. The molecule has 0 aromatic carbocycles. The van der Waals surface area contributed by atoms with Crippen LogP contribution in [0.5, 0.6) is 0 Å². The van der Waals surface area contributed by atoms with Crippen molar-refractivity contribution in [3.63, 3.8) is 0 Å². The maximum absolute atomic E-state index is 12.5. The van der Waals surface area contributed by atoms with Crippen LogP contribution in [0.25, 0.3) is 5.82 Å². The Balaban J connectivity index is 1.77. The molecule has 3 aromatic rings. The molecule has 124 valence electrons. The van der Waals surface area contributed by atoms with Crippen molar-refractivity contribution in [3.05, 3.63) is 46.6 Å². The van der Waals surface area contributed by atoms with Gasteiger partial charge in [0.15, 0.2) is 5.82 Å². The Bertz CT molecular complexity index is 846. The molecule has 1 amide bonds. The number of nitrogens with zero attached hydrogens (tertiary/aromatic N) is 5. The average Bonchev–Trinajstić information content (AvgIpc) is 3.16. The van der Waals surface area contributed by atoms with E-state index in [-0.39, 0.29) is 11.3 Å². The number of pyridine rings is 1. The van der Waals surface area contributed by atoms with Crippen molar-refractivity contribution in [1.29, 1.82) is 0 Å². The first-order valence-electron chi connectivity index (χ1n) is 7.45. The molecule has 3 rings (SSSR count). The van der Waals surface area contributed by atoms with Crippen molar-refractivity contribution in [2.75, 3.05) is 5.32 Å². The van der Waals surface area contributed by atoms with Crippen LogP contribution in [-0.4, -0.2) is 30.6 Å². The van der Waals surface area contributed by atoms with Crippen molar-refractivity contribution in [2.24, 2.45) is 0 Å². The molecule has 0 fully saturated rings. The van der Waals surface area contributed by atoms with Crippen LogP contribution in [0.2, 0.25) is 0 Å². The Morgan fingerprint density at radius 2 is 2.08 bits per heavy atom. The van der Waals surface area contributed by atoms with Crippen LogP contribution >= 0.6 is 11.3 Å². The summed E-state index contributed by atoms with van der Waals surface area (Å²) in [5, 5.41) is 7.82. The van der Waals surface area contributed by atoms with Crippen LogP contribution in [0, 0.1) is 6.92 Å². The van der Waals surface area contributed by atoms with E-state index < -0.39 is 0 Å². The number of hydrogen-bond acceptors (Lipinski definition) is 6. The summed E-state index contributed by atoms with van der Waals surface area (Å²) in [6.07, 6.45) is 4.60. The Morgan fingerprint density at radius 3 is 2.62 bits per heavy atom. The summed E-state index contributed by atoms with van der Waals surface area (Å²) < 4.78 is 1.55. The lowest BCUT2D eigenvalue weighted by molar-refractivity contribution is 0.103. The van der Waals surface area contributed by atoms with Crippen LogP contribution in [-0.2, 0) is 5.41 Å². The van der Waals surface area contributed by atoms with E-state index in [2.05, 4.69) is 46.1 Å². The maximum Gasteiger partial charge on any atom is 0.267 e. The zero-order chi connectivity index (χ0) is 17.3. The minimum atomic E-state index is -0.171. The van der Waals surface area contributed by atoms with Gasteiger partial charge in [-0.05, 0) is 19.1 Å². The Hall–Kier alpha value is -2.61. The molecular formula is C16H18N6OS. The highest BCUT2D eigenvalue weighted by atomic mass is 32.1. The second kappa shape index (κ2) is 6.12. The number of thiazole rings is 1. The van der Waals surface area contributed by atoms with Gasteiger partial charge < -0.3 is 5.32 Å². The molecule has 0 aliphatic rings. The van der Waals surface area contributed by atoms with E-state index in [1.54, 1.807) is 29.3 Å². The Labute approximate surface area is 143 Å². The van der Waals surface area contributed by atoms with Gasteiger partial charge in [-0.25, -0.2) is 19.6 Å². The minimum absolute atomic E-state index is 0.0744. The quantitative estimate of drug-likeness (QED) is 0.791. The lowest BCUT2D eigenvalue weighted by Crippen LogP contribution is -2.12. The SMILES string of the molecule is Cc1nc(C(C)(C)C)sc1C(=O)Nc1ccc(-n2cncn2)nc1. The van der Waals surface area contributed by atoms with E-state index in [0.29, 0.717) is 16.4 Å². The Kier molecular flexibility index (Phi) is 4.15. The van der Waals surface area contributed by atoms with Gasteiger partial charge in [0.1, 0.15) is 17.5 Å². The van der Waals surface area contributed by atoms with Crippen molar-refractivity contribution in [3.8, 4) is 5.82 Å². The van der Waals surface area contributed by atoms with Gasteiger partial charge in [0.2, 0.25) is 0 Å². The topological polar surface area (TPSA) is 85.6 Å². The van der Waals surface area contributed by atoms with E-state index in [9.17, 15) is 4.79 Å². The fourth-order valence-corrected chi connectivity index (χ4v) is 3.06. The van der Waals surface area contributed by atoms with Crippen LogP contribution in [0.1, 0.15) is 41.1 Å². The number of aryl methyl sites for hydroxylation is 1. The average molecular weight is 342 g/mol. The molecule has 0 radical (unpaired) electrons. The summed E-state index contributed by atoms with van der Waals surface area (Å²) >= 11 is 1.43. The van der Waals surface area contributed by atoms with Gasteiger partial charge in [-0.3, -0.25) is 4.79 Å². The third-order valence-corrected chi connectivity index (χ3v) is 4.89. The number of carbonyl (C=O) groups excluding carboxylic acids is 1. The first kappa shape index (κ1) is 16.3. The molecule has 1 N–H and O–H groups in total. The van der Waals surface area contributed by atoms with Crippen LogP contribution in [0.4, 0.5) is 5.69 Å². The van der Waals surface area contributed by atoms with Gasteiger partial charge in [-0.2, -0.15) is 5.10 Å². The van der Waals surface area contributed by atoms with Crippen molar-refractivity contribution in [2.45, 2.75) is 33.1 Å². The summed E-state index contributed by atoms with van der Waals surface area (Å²) in [4.78, 5) is 25.8. The first-order valence-corrected chi connectivity index (χ1v) is 8.26. The largest absolute Gasteiger partial charge is 0.320 e. The van der Waals surface area contributed by atoms with Crippen molar-refractivity contribution in [1.82, 2.24) is 24.7 Å². The fraction of sp³-hybridized carbons (Fsp3) is 0.312. The lowest BCUT2D eigenvalue weighted by Gasteiger charge is -2.13. The zero-order valence-corrected chi connectivity index (χ0v) is 14.8. The third-order valence-electron chi connectivity index (χ3n) is 3.30. The predicted molar refractivity (Wildman–Crippen MR) is 92.7 cm³/mol. The molecule has 0 saturated carbocycles.